The Morgan fingerprint density at radius 1 is 1.39 bits per heavy atom. The van der Waals surface area contributed by atoms with Gasteiger partial charge in [-0.1, -0.05) is 13.3 Å². The van der Waals surface area contributed by atoms with Gasteiger partial charge in [-0.2, -0.15) is 0 Å². The van der Waals surface area contributed by atoms with Gasteiger partial charge >= 0.3 is 5.97 Å². The Balaban J connectivity index is 1.84. The maximum Gasteiger partial charge on any atom is 0.375 e. The Hall–Kier alpha value is -1.32. The summed E-state index contributed by atoms with van der Waals surface area (Å²) in [5.41, 5.74) is 0.764. The van der Waals surface area contributed by atoms with E-state index in [0.29, 0.717) is 11.7 Å². The molecule has 98 valence electrons. The number of nitrogens with zero attached hydrogens (tertiary/aromatic N) is 1. The van der Waals surface area contributed by atoms with E-state index in [1.807, 2.05) is 0 Å². The van der Waals surface area contributed by atoms with E-state index in [4.69, 9.17) is 9.15 Å². The second-order valence-electron chi connectivity index (χ2n) is 5.49. The van der Waals surface area contributed by atoms with Crippen LogP contribution in [0.5, 0.6) is 0 Å². The number of ether oxygens (including phenoxy) is 1. The van der Waals surface area contributed by atoms with Gasteiger partial charge in [0.15, 0.2) is 5.89 Å². The highest BCUT2D eigenvalue weighted by atomic mass is 16.5. The van der Waals surface area contributed by atoms with Crippen LogP contribution in [-0.2, 0) is 11.2 Å². The molecule has 0 spiro atoms. The molecule has 2 aliphatic carbocycles. The van der Waals surface area contributed by atoms with Crippen LogP contribution in [0.25, 0.3) is 0 Å². The minimum absolute atomic E-state index is 0.315. The maximum absolute atomic E-state index is 11.7. The Morgan fingerprint density at radius 2 is 2.11 bits per heavy atom. The second-order valence-corrected chi connectivity index (χ2v) is 5.49. The quantitative estimate of drug-likeness (QED) is 0.770. The van der Waals surface area contributed by atoms with Crippen molar-refractivity contribution in [3.63, 3.8) is 0 Å². The third-order valence-electron chi connectivity index (χ3n) is 4.16. The van der Waals surface area contributed by atoms with Crippen LogP contribution in [0, 0.1) is 11.8 Å². The second kappa shape index (κ2) is 4.41. The SMILES string of the molecule is CCCc1nc(C2CC3CC3C2)oc1C(=O)OC. The van der Waals surface area contributed by atoms with E-state index >= 15 is 0 Å². The maximum atomic E-state index is 11.7. The van der Waals surface area contributed by atoms with E-state index < -0.39 is 5.97 Å². The smallest absolute Gasteiger partial charge is 0.375 e. The summed E-state index contributed by atoms with van der Waals surface area (Å²) >= 11 is 0. The minimum Gasteiger partial charge on any atom is -0.463 e. The summed E-state index contributed by atoms with van der Waals surface area (Å²) in [5.74, 6) is 2.86. The molecule has 0 saturated heterocycles. The van der Waals surface area contributed by atoms with Crippen molar-refractivity contribution in [3.05, 3.63) is 17.3 Å². The number of methoxy groups -OCH3 is 1. The van der Waals surface area contributed by atoms with Crippen LogP contribution in [0.15, 0.2) is 4.42 Å². The zero-order chi connectivity index (χ0) is 12.7. The van der Waals surface area contributed by atoms with Gasteiger partial charge in [0.05, 0.1) is 12.8 Å². The van der Waals surface area contributed by atoms with E-state index in [1.165, 1.54) is 26.4 Å². The van der Waals surface area contributed by atoms with Crippen molar-refractivity contribution in [2.75, 3.05) is 7.11 Å². The first-order valence-electron chi connectivity index (χ1n) is 6.80. The molecular formula is C14H19NO3. The zero-order valence-corrected chi connectivity index (χ0v) is 10.9. The molecule has 2 saturated carbocycles. The van der Waals surface area contributed by atoms with Gasteiger partial charge in [-0.05, 0) is 37.5 Å². The van der Waals surface area contributed by atoms with Gasteiger partial charge in [-0.25, -0.2) is 9.78 Å². The van der Waals surface area contributed by atoms with E-state index in [-0.39, 0.29) is 0 Å². The van der Waals surface area contributed by atoms with E-state index in [2.05, 4.69) is 11.9 Å². The lowest BCUT2D eigenvalue weighted by Crippen LogP contribution is -2.03. The first kappa shape index (κ1) is 11.8. The molecule has 0 radical (unpaired) electrons. The van der Waals surface area contributed by atoms with Gasteiger partial charge in [0.1, 0.15) is 0 Å². The number of rotatable bonds is 4. The van der Waals surface area contributed by atoms with Crippen molar-refractivity contribution < 1.29 is 13.9 Å². The highest BCUT2D eigenvalue weighted by Crippen LogP contribution is 2.57. The molecule has 2 atom stereocenters. The number of hydrogen-bond acceptors (Lipinski definition) is 4. The molecule has 2 fully saturated rings. The third kappa shape index (κ3) is 1.93. The standard InChI is InChI=1S/C14H19NO3/c1-3-4-11-12(14(16)17-2)18-13(15-11)10-6-8-5-9(8)7-10/h8-10H,3-7H2,1-2H3. The van der Waals surface area contributed by atoms with Crippen molar-refractivity contribution in [2.24, 2.45) is 11.8 Å². The minimum atomic E-state index is -0.402. The third-order valence-corrected chi connectivity index (χ3v) is 4.16. The number of carbonyl (C=O) groups is 1. The number of fused-ring (bicyclic) bond motifs is 1. The summed E-state index contributed by atoms with van der Waals surface area (Å²) in [6, 6.07) is 0. The molecular weight excluding hydrogens is 230 g/mol. The monoisotopic (exact) mass is 249 g/mol. The van der Waals surface area contributed by atoms with Gasteiger partial charge in [-0.15, -0.1) is 0 Å². The summed E-state index contributed by atoms with van der Waals surface area (Å²) in [5, 5.41) is 0. The Bertz CT molecular complexity index is 456. The van der Waals surface area contributed by atoms with Gasteiger partial charge < -0.3 is 9.15 Å². The predicted molar refractivity (Wildman–Crippen MR) is 65.4 cm³/mol. The molecule has 2 unspecified atom stereocenters. The molecule has 0 aromatic carbocycles. The van der Waals surface area contributed by atoms with E-state index in [1.54, 1.807) is 0 Å². The lowest BCUT2D eigenvalue weighted by atomic mass is 10.0. The van der Waals surface area contributed by atoms with Crippen molar-refractivity contribution in [3.8, 4) is 0 Å². The number of hydrogen-bond donors (Lipinski definition) is 0. The molecule has 4 nitrogen and oxygen atoms in total. The highest BCUT2D eigenvalue weighted by molar-refractivity contribution is 5.87. The van der Waals surface area contributed by atoms with Gasteiger partial charge in [0, 0.05) is 5.92 Å². The highest BCUT2D eigenvalue weighted by Gasteiger charge is 2.47. The Morgan fingerprint density at radius 3 is 2.72 bits per heavy atom. The van der Waals surface area contributed by atoms with E-state index in [9.17, 15) is 4.79 Å². The molecule has 0 N–H and O–H groups in total. The van der Waals surface area contributed by atoms with Crippen LogP contribution in [0.3, 0.4) is 0 Å². The molecule has 3 rings (SSSR count). The molecule has 0 bridgehead atoms. The summed E-state index contributed by atoms with van der Waals surface area (Å²) in [6.45, 7) is 2.07. The Labute approximate surface area is 107 Å². The number of oxazole rings is 1. The summed E-state index contributed by atoms with van der Waals surface area (Å²) in [7, 11) is 1.38. The molecule has 1 aromatic rings. The van der Waals surface area contributed by atoms with Crippen molar-refractivity contribution >= 4 is 5.97 Å². The van der Waals surface area contributed by atoms with Crippen molar-refractivity contribution in [1.29, 1.82) is 0 Å². The van der Waals surface area contributed by atoms with Crippen LogP contribution in [-0.4, -0.2) is 18.1 Å². The summed E-state index contributed by atoms with van der Waals surface area (Å²) in [6.07, 6.45) is 5.46. The van der Waals surface area contributed by atoms with E-state index in [0.717, 1.165) is 36.3 Å². The van der Waals surface area contributed by atoms with Crippen LogP contribution in [0.2, 0.25) is 0 Å². The fourth-order valence-corrected chi connectivity index (χ4v) is 3.12. The number of aryl methyl sites for hydroxylation is 1. The first-order valence-corrected chi connectivity index (χ1v) is 6.80. The molecule has 1 heterocycles. The normalized spacial score (nSPS) is 29.1. The predicted octanol–water partition coefficient (Wildman–Crippen LogP) is 2.93. The number of esters is 1. The average molecular weight is 249 g/mol. The molecule has 18 heavy (non-hydrogen) atoms. The van der Waals surface area contributed by atoms with Crippen molar-refractivity contribution in [2.45, 2.75) is 44.9 Å². The van der Waals surface area contributed by atoms with Crippen molar-refractivity contribution in [1.82, 2.24) is 4.98 Å². The van der Waals surface area contributed by atoms with Crippen LogP contribution in [0.4, 0.5) is 0 Å². The van der Waals surface area contributed by atoms with Gasteiger partial charge in [0.25, 0.3) is 0 Å². The van der Waals surface area contributed by atoms with Crippen LogP contribution < -0.4 is 0 Å². The van der Waals surface area contributed by atoms with Crippen LogP contribution in [0.1, 0.15) is 60.7 Å². The lowest BCUT2D eigenvalue weighted by Gasteiger charge is -2.05. The fraction of sp³-hybridized carbons (Fsp3) is 0.714. The topological polar surface area (TPSA) is 52.3 Å². The zero-order valence-electron chi connectivity index (χ0n) is 10.9. The molecule has 2 aliphatic rings. The summed E-state index contributed by atoms with van der Waals surface area (Å²) in [4.78, 5) is 16.2. The molecule has 0 amide bonds. The Kier molecular flexibility index (Phi) is 2.88. The molecule has 0 aliphatic heterocycles. The van der Waals surface area contributed by atoms with Gasteiger partial charge in [-0.3, -0.25) is 0 Å². The molecule has 4 heteroatoms. The first-order chi connectivity index (χ1) is 8.72. The van der Waals surface area contributed by atoms with Gasteiger partial charge in [0.2, 0.25) is 5.76 Å². The lowest BCUT2D eigenvalue weighted by molar-refractivity contribution is 0.0560. The number of aromatic nitrogens is 1. The fourth-order valence-electron chi connectivity index (χ4n) is 3.12. The largest absolute Gasteiger partial charge is 0.463 e. The van der Waals surface area contributed by atoms with Crippen LogP contribution >= 0.6 is 0 Å². The average Bonchev–Trinajstić information content (AvgIpc) is 2.81. The number of carbonyl (C=O) groups excluding carboxylic acids is 1. The summed E-state index contributed by atoms with van der Waals surface area (Å²) < 4.78 is 10.4. The molecule has 1 aromatic heterocycles.